The van der Waals surface area contributed by atoms with Gasteiger partial charge >= 0.3 is 6.03 Å². The second-order valence-electron chi connectivity index (χ2n) is 4.76. The van der Waals surface area contributed by atoms with Crippen LogP contribution in [0.2, 0.25) is 0 Å². The minimum Gasteiger partial charge on any atom is -0.333 e. The first-order chi connectivity index (χ1) is 6.55. The molecule has 1 aliphatic heterocycles. The number of rotatable bonds is 3. The fraction of sp³-hybridized carbons (Fsp3) is 0.909. The number of likely N-dealkylation sites (tertiary alicyclic amines) is 1. The molecule has 1 aliphatic rings. The van der Waals surface area contributed by atoms with Crippen LogP contribution >= 0.6 is 0 Å². The predicted molar refractivity (Wildman–Crippen MR) is 58.3 cm³/mol. The minimum absolute atomic E-state index is 0.0611. The summed E-state index contributed by atoms with van der Waals surface area (Å²) in [4.78, 5) is 13.7. The molecule has 1 N–H and O–H groups in total. The average Bonchev–Trinajstić information content (AvgIpc) is 2.53. The van der Waals surface area contributed by atoms with Crippen molar-refractivity contribution in [2.24, 2.45) is 0 Å². The maximum atomic E-state index is 11.8. The smallest absolute Gasteiger partial charge is 0.317 e. The molecule has 1 saturated heterocycles. The first-order valence-electron chi connectivity index (χ1n) is 5.62. The van der Waals surface area contributed by atoms with Crippen LogP contribution < -0.4 is 5.32 Å². The Morgan fingerprint density at radius 1 is 1.36 bits per heavy atom. The van der Waals surface area contributed by atoms with Gasteiger partial charge in [-0.2, -0.15) is 0 Å². The Morgan fingerprint density at radius 3 is 2.43 bits per heavy atom. The molecule has 0 atom stereocenters. The lowest BCUT2D eigenvalue weighted by molar-refractivity contribution is 0.195. The first-order valence-corrected chi connectivity index (χ1v) is 5.62. The highest BCUT2D eigenvalue weighted by Gasteiger charge is 2.24. The zero-order chi connectivity index (χ0) is 10.6. The van der Waals surface area contributed by atoms with Gasteiger partial charge in [-0.3, -0.25) is 0 Å². The van der Waals surface area contributed by atoms with Gasteiger partial charge in [0.1, 0.15) is 0 Å². The van der Waals surface area contributed by atoms with Crippen LogP contribution in [0.25, 0.3) is 0 Å². The third-order valence-electron chi connectivity index (χ3n) is 2.71. The molecule has 0 unspecified atom stereocenters. The lowest BCUT2D eigenvalue weighted by atomic mass is 9.99. The van der Waals surface area contributed by atoms with E-state index in [-0.39, 0.29) is 11.6 Å². The zero-order valence-corrected chi connectivity index (χ0v) is 9.60. The molecule has 0 bridgehead atoms. The van der Waals surface area contributed by atoms with Gasteiger partial charge in [0.05, 0.1) is 0 Å². The van der Waals surface area contributed by atoms with E-state index in [1.54, 1.807) is 0 Å². The van der Waals surface area contributed by atoms with E-state index >= 15 is 0 Å². The summed E-state index contributed by atoms with van der Waals surface area (Å²) in [7, 11) is 0. The molecule has 14 heavy (non-hydrogen) atoms. The van der Waals surface area contributed by atoms with Crippen molar-refractivity contribution in [2.45, 2.75) is 52.0 Å². The first kappa shape index (κ1) is 11.3. The Balaban J connectivity index is 2.38. The molecule has 1 rings (SSSR count). The van der Waals surface area contributed by atoms with Crippen molar-refractivity contribution in [3.63, 3.8) is 0 Å². The van der Waals surface area contributed by atoms with Crippen molar-refractivity contribution >= 4 is 6.03 Å². The Bertz CT molecular complexity index is 195. The van der Waals surface area contributed by atoms with Crippen LogP contribution in [0.1, 0.15) is 46.5 Å². The number of urea groups is 1. The van der Waals surface area contributed by atoms with E-state index in [0.29, 0.717) is 0 Å². The Hall–Kier alpha value is -0.730. The number of hydrogen-bond acceptors (Lipinski definition) is 1. The van der Waals surface area contributed by atoms with Gasteiger partial charge in [-0.05, 0) is 33.1 Å². The highest BCUT2D eigenvalue weighted by atomic mass is 16.2. The third kappa shape index (κ3) is 3.20. The van der Waals surface area contributed by atoms with Gasteiger partial charge in [0.15, 0.2) is 0 Å². The van der Waals surface area contributed by atoms with Crippen molar-refractivity contribution in [1.82, 2.24) is 10.2 Å². The standard InChI is InChI=1S/C11H22N2O/c1-4-7-11(2,3)12-10(14)13-8-5-6-9-13/h4-9H2,1-3H3,(H,12,14). The number of nitrogens with one attached hydrogen (secondary N) is 1. The van der Waals surface area contributed by atoms with Crippen LogP contribution in [-0.2, 0) is 0 Å². The van der Waals surface area contributed by atoms with Gasteiger partial charge in [-0.25, -0.2) is 4.79 Å². The van der Waals surface area contributed by atoms with Crippen molar-refractivity contribution in [2.75, 3.05) is 13.1 Å². The summed E-state index contributed by atoms with van der Waals surface area (Å²) in [5.74, 6) is 0. The number of carbonyl (C=O) groups excluding carboxylic acids is 1. The van der Waals surface area contributed by atoms with E-state index in [0.717, 1.165) is 38.8 Å². The normalized spacial score (nSPS) is 17.2. The number of hydrogen-bond donors (Lipinski definition) is 1. The Morgan fingerprint density at radius 2 is 1.93 bits per heavy atom. The predicted octanol–water partition coefficient (Wildman–Crippen LogP) is 2.37. The summed E-state index contributed by atoms with van der Waals surface area (Å²) >= 11 is 0. The second-order valence-corrected chi connectivity index (χ2v) is 4.76. The molecule has 82 valence electrons. The third-order valence-corrected chi connectivity index (χ3v) is 2.71. The molecule has 3 nitrogen and oxygen atoms in total. The number of carbonyl (C=O) groups is 1. The number of nitrogens with zero attached hydrogens (tertiary/aromatic N) is 1. The summed E-state index contributed by atoms with van der Waals surface area (Å²) in [6.45, 7) is 8.17. The Kier molecular flexibility index (Phi) is 3.78. The van der Waals surface area contributed by atoms with Crippen LogP contribution in [0.5, 0.6) is 0 Å². The van der Waals surface area contributed by atoms with Gasteiger partial charge in [-0.1, -0.05) is 13.3 Å². The maximum absolute atomic E-state index is 11.8. The van der Waals surface area contributed by atoms with Crippen LogP contribution in [0.4, 0.5) is 4.79 Å². The molecule has 1 fully saturated rings. The van der Waals surface area contributed by atoms with E-state index in [2.05, 4.69) is 26.1 Å². The molecule has 1 heterocycles. The molecule has 0 aliphatic carbocycles. The maximum Gasteiger partial charge on any atom is 0.317 e. The zero-order valence-electron chi connectivity index (χ0n) is 9.60. The van der Waals surface area contributed by atoms with Gasteiger partial charge in [0.2, 0.25) is 0 Å². The quantitative estimate of drug-likeness (QED) is 0.742. The highest BCUT2D eigenvalue weighted by Crippen LogP contribution is 2.13. The summed E-state index contributed by atoms with van der Waals surface area (Å²) < 4.78 is 0. The second kappa shape index (κ2) is 4.67. The van der Waals surface area contributed by atoms with Crippen molar-refractivity contribution in [3.05, 3.63) is 0 Å². The summed E-state index contributed by atoms with van der Waals surface area (Å²) in [6, 6.07) is 0.112. The molecule has 3 heteroatoms. The molecule has 0 saturated carbocycles. The van der Waals surface area contributed by atoms with Crippen molar-refractivity contribution < 1.29 is 4.79 Å². The average molecular weight is 198 g/mol. The largest absolute Gasteiger partial charge is 0.333 e. The van der Waals surface area contributed by atoms with Crippen LogP contribution in [0.3, 0.4) is 0 Å². The van der Waals surface area contributed by atoms with E-state index in [1.807, 2.05) is 4.90 Å². The van der Waals surface area contributed by atoms with Gasteiger partial charge in [0, 0.05) is 18.6 Å². The SMILES string of the molecule is CCCC(C)(C)NC(=O)N1CCCC1. The lowest BCUT2D eigenvalue weighted by Crippen LogP contribution is -2.49. The molecule has 0 aromatic rings. The van der Waals surface area contributed by atoms with E-state index in [1.165, 1.54) is 0 Å². The lowest BCUT2D eigenvalue weighted by Gasteiger charge is -2.28. The van der Waals surface area contributed by atoms with E-state index in [9.17, 15) is 4.79 Å². The molecule has 2 amide bonds. The number of amides is 2. The topological polar surface area (TPSA) is 32.3 Å². The molecule has 0 aromatic carbocycles. The fourth-order valence-corrected chi connectivity index (χ4v) is 1.98. The summed E-state index contributed by atoms with van der Waals surface area (Å²) in [5.41, 5.74) is -0.0611. The Labute approximate surface area is 86.9 Å². The van der Waals surface area contributed by atoms with Crippen molar-refractivity contribution in [3.8, 4) is 0 Å². The van der Waals surface area contributed by atoms with Gasteiger partial charge in [-0.15, -0.1) is 0 Å². The molecule has 0 aromatic heterocycles. The molecular weight excluding hydrogens is 176 g/mol. The fourth-order valence-electron chi connectivity index (χ4n) is 1.98. The monoisotopic (exact) mass is 198 g/mol. The molecule has 0 radical (unpaired) electrons. The van der Waals surface area contributed by atoms with E-state index < -0.39 is 0 Å². The molecule has 0 spiro atoms. The summed E-state index contributed by atoms with van der Waals surface area (Å²) in [6.07, 6.45) is 4.45. The highest BCUT2D eigenvalue weighted by molar-refractivity contribution is 5.75. The minimum atomic E-state index is -0.0611. The van der Waals surface area contributed by atoms with Crippen LogP contribution in [0.15, 0.2) is 0 Å². The van der Waals surface area contributed by atoms with Crippen LogP contribution in [-0.4, -0.2) is 29.6 Å². The van der Waals surface area contributed by atoms with Crippen molar-refractivity contribution in [1.29, 1.82) is 0 Å². The van der Waals surface area contributed by atoms with E-state index in [4.69, 9.17) is 0 Å². The van der Waals surface area contributed by atoms with Gasteiger partial charge in [0.25, 0.3) is 0 Å². The van der Waals surface area contributed by atoms with Crippen LogP contribution in [0, 0.1) is 0 Å². The van der Waals surface area contributed by atoms with Gasteiger partial charge < -0.3 is 10.2 Å². The summed E-state index contributed by atoms with van der Waals surface area (Å²) in [5, 5.41) is 3.09. The molecular formula is C11H22N2O.